The van der Waals surface area contributed by atoms with E-state index in [0.29, 0.717) is 32.1 Å². The van der Waals surface area contributed by atoms with Crippen molar-refractivity contribution in [3.05, 3.63) is 144 Å². The summed E-state index contributed by atoms with van der Waals surface area (Å²) in [6, 6.07) is 33.6. The fraction of sp³-hybridized carbons (Fsp3) is 0.354. The zero-order valence-electron chi connectivity index (χ0n) is 35.1. The van der Waals surface area contributed by atoms with E-state index in [1.54, 1.807) is 4.90 Å². The Morgan fingerprint density at radius 1 is 0.714 bits per heavy atom. The van der Waals surface area contributed by atoms with Crippen LogP contribution in [0, 0.1) is 11.3 Å². The fourth-order valence-electron chi connectivity index (χ4n) is 8.78. The highest BCUT2D eigenvalue weighted by Gasteiger charge is 2.51. The zero-order chi connectivity index (χ0) is 44.7. The number of aliphatic carboxylic acids is 1. The summed E-state index contributed by atoms with van der Waals surface area (Å²) in [7, 11) is 0. The molecule has 2 aliphatic heterocycles. The number of nitrogens with zero attached hydrogens (tertiary/aromatic N) is 1. The summed E-state index contributed by atoms with van der Waals surface area (Å²) in [6.45, 7) is 0.151. The van der Waals surface area contributed by atoms with Crippen LogP contribution >= 0.6 is 0 Å². The molecule has 0 aliphatic carbocycles. The van der Waals surface area contributed by atoms with Crippen molar-refractivity contribution in [3.63, 3.8) is 0 Å². The number of piperidine rings is 1. The smallest absolute Gasteiger partial charge is 0.305 e. The second-order valence-corrected chi connectivity index (χ2v) is 16.2. The van der Waals surface area contributed by atoms with Gasteiger partial charge in [-0.1, -0.05) is 121 Å². The molecule has 6 atom stereocenters. The van der Waals surface area contributed by atoms with Crippen LogP contribution in [0.3, 0.4) is 0 Å². The van der Waals surface area contributed by atoms with E-state index in [-0.39, 0.29) is 61.6 Å². The number of carbonyl (C=O) groups excluding carboxylic acids is 5. The lowest BCUT2D eigenvalue weighted by Gasteiger charge is -2.39. The maximum Gasteiger partial charge on any atom is 0.305 e. The second-order valence-electron chi connectivity index (χ2n) is 16.2. The Hall–Kier alpha value is -7.03. The van der Waals surface area contributed by atoms with E-state index < -0.39 is 54.3 Å². The summed E-state index contributed by atoms with van der Waals surface area (Å²) in [5.74, 6) is -4.72. The topological polar surface area (TPSA) is 236 Å². The van der Waals surface area contributed by atoms with Crippen molar-refractivity contribution in [1.29, 1.82) is 5.41 Å². The van der Waals surface area contributed by atoms with Crippen molar-refractivity contribution in [2.45, 2.75) is 87.5 Å². The summed E-state index contributed by atoms with van der Waals surface area (Å²) in [4.78, 5) is 83.1. The third-order valence-corrected chi connectivity index (χ3v) is 11.8. The van der Waals surface area contributed by atoms with Crippen LogP contribution < -0.4 is 32.3 Å². The third-order valence-electron chi connectivity index (χ3n) is 11.8. The molecular formula is C48H56N8O7. The van der Waals surface area contributed by atoms with Gasteiger partial charge in [-0.15, -0.1) is 0 Å². The van der Waals surface area contributed by atoms with Gasteiger partial charge in [0.15, 0.2) is 5.96 Å². The Morgan fingerprint density at radius 2 is 1.29 bits per heavy atom. The van der Waals surface area contributed by atoms with Crippen molar-refractivity contribution in [2.24, 2.45) is 11.7 Å². The van der Waals surface area contributed by atoms with E-state index in [1.807, 2.05) is 121 Å². The Labute approximate surface area is 367 Å². The maximum atomic E-state index is 14.4. The van der Waals surface area contributed by atoms with Gasteiger partial charge in [-0.25, -0.2) is 0 Å². The monoisotopic (exact) mass is 856 g/mol. The maximum absolute atomic E-state index is 14.4. The molecule has 0 saturated carbocycles. The highest BCUT2D eigenvalue weighted by molar-refractivity contribution is 5.97. The lowest BCUT2D eigenvalue weighted by molar-refractivity contribution is -0.147. The van der Waals surface area contributed by atoms with Crippen molar-refractivity contribution < 1.29 is 33.9 Å². The molecule has 4 aromatic carbocycles. The number of hydrogen-bond donors (Lipinski definition) is 8. The van der Waals surface area contributed by atoms with E-state index in [0.717, 1.165) is 22.3 Å². The minimum absolute atomic E-state index is 0.0219. The molecule has 9 N–H and O–H groups in total. The Kier molecular flexibility index (Phi) is 16.0. The number of guanidine groups is 1. The number of benzene rings is 4. The van der Waals surface area contributed by atoms with Crippen LogP contribution in [0.4, 0.5) is 0 Å². The summed E-state index contributed by atoms with van der Waals surface area (Å²) < 4.78 is 0. The van der Waals surface area contributed by atoms with Gasteiger partial charge in [0.05, 0.1) is 12.8 Å². The van der Waals surface area contributed by atoms with E-state index in [4.69, 9.17) is 11.1 Å². The number of amides is 5. The van der Waals surface area contributed by atoms with Gasteiger partial charge < -0.3 is 42.3 Å². The summed E-state index contributed by atoms with van der Waals surface area (Å²) in [6.07, 6.45) is 1.58. The van der Waals surface area contributed by atoms with Gasteiger partial charge in [0.2, 0.25) is 29.5 Å². The van der Waals surface area contributed by atoms with E-state index in [9.17, 15) is 33.9 Å². The first-order valence-electron chi connectivity index (χ1n) is 21.4. The highest BCUT2D eigenvalue weighted by atomic mass is 16.4. The average molecular weight is 857 g/mol. The fourth-order valence-corrected chi connectivity index (χ4v) is 8.78. The predicted octanol–water partition coefficient (Wildman–Crippen LogP) is 2.99. The number of rotatable bonds is 20. The molecule has 4 aromatic rings. The van der Waals surface area contributed by atoms with Crippen molar-refractivity contribution in [1.82, 2.24) is 31.5 Å². The minimum Gasteiger partial charge on any atom is -0.481 e. The summed E-state index contributed by atoms with van der Waals surface area (Å²) in [5.41, 5.74) is 9.44. The van der Waals surface area contributed by atoms with Gasteiger partial charge in [-0.2, -0.15) is 0 Å². The molecule has 2 heterocycles. The van der Waals surface area contributed by atoms with E-state index in [1.165, 1.54) is 0 Å². The molecule has 2 fully saturated rings. The molecular weight excluding hydrogens is 801 g/mol. The molecule has 15 nitrogen and oxygen atoms in total. The lowest BCUT2D eigenvalue weighted by Crippen LogP contribution is -2.61. The Balaban J connectivity index is 1.16. The SMILES string of the molecule is N=C(N)NCC[C@H](NC(=O)C1C[C@@H](Cc2ccccc2)[C@@H]2CCC(NC(=O)Cc3ccccc3)C(=O)N12)C(=O)NC(CC(=O)O)C(=O)NCCC(c1ccccc1)c1ccccc1. The normalized spacial score (nSPS) is 18.9. The first kappa shape index (κ1) is 45.5. The first-order valence-corrected chi connectivity index (χ1v) is 21.4. The van der Waals surface area contributed by atoms with Crippen molar-refractivity contribution in [2.75, 3.05) is 13.1 Å². The highest BCUT2D eigenvalue weighted by Crippen LogP contribution is 2.39. The molecule has 330 valence electrons. The molecule has 63 heavy (non-hydrogen) atoms. The molecule has 0 spiro atoms. The number of nitrogens with two attached hydrogens (primary N) is 1. The molecule has 15 heteroatoms. The quantitative estimate of drug-likeness (QED) is 0.0481. The molecule has 2 saturated heterocycles. The zero-order valence-corrected chi connectivity index (χ0v) is 35.1. The number of carboxylic acid groups (broad SMARTS) is 1. The van der Waals surface area contributed by atoms with Gasteiger partial charge in [0.25, 0.3) is 0 Å². The van der Waals surface area contributed by atoms with Gasteiger partial charge in [0.1, 0.15) is 24.2 Å². The van der Waals surface area contributed by atoms with Crippen LogP contribution in [0.2, 0.25) is 0 Å². The number of nitrogens with one attached hydrogen (secondary N) is 6. The molecule has 2 aliphatic rings. The van der Waals surface area contributed by atoms with Crippen LogP contribution in [0.15, 0.2) is 121 Å². The van der Waals surface area contributed by atoms with Crippen LogP contribution in [0.25, 0.3) is 0 Å². The van der Waals surface area contributed by atoms with Crippen LogP contribution in [0.1, 0.15) is 66.7 Å². The molecule has 5 amide bonds. The van der Waals surface area contributed by atoms with E-state index in [2.05, 4.69) is 26.6 Å². The first-order chi connectivity index (χ1) is 30.5. The van der Waals surface area contributed by atoms with Gasteiger partial charge in [-0.05, 0) is 66.7 Å². The molecule has 0 aromatic heterocycles. The average Bonchev–Trinajstić information content (AvgIpc) is 3.65. The molecule has 6 rings (SSSR count). The Morgan fingerprint density at radius 3 is 1.87 bits per heavy atom. The number of hydrogen-bond acceptors (Lipinski definition) is 7. The summed E-state index contributed by atoms with van der Waals surface area (Å²) in [5, 5.41) is 31.1. The molecule has 0 bridgehead atoms. The van der Waals surface area contributed by atoms with E-state index >= 15 is 0 Å². The van der Waals surface area contributed by atoms with Gasteiger partial charge in [-0.3, -0.25) is 34.2 Å². The second kappa shape index (κ2) is 22.2. The summed E-state index contributed by atoms with van der Waals surface area (Å²) >= 11 is 0. The lowest BCUT2D eigenvalue weighted by atomic mass is 9.86. The Bertz CT molecular complexity index is 2160. The minimum atomic E-state index is -1.49. The molecule has 0 radical (unpaired) electrons. The van der Waals surface area contributed by atoms with Crippen LogP contribution in [-0.4, -0.2) is 94.8 Å². The van der Waals surface area contributed by atoms with Crippen molar-refractivity contribution in [3.8, 4) is 0 Å². The van der Waals surface area contributed by atoms with Crippen LogP contribution in [-0.2, 0) is 41.6 Å². The van der Waals surface area contributed by atoms with Gasteiger partial charge in [0, 0.05) is 25.0 Å². The predicted molar refractivity (Wildman–Crippen MR) is 237 cm³/mol. The van der Waals surface area contributed by atoms with Gasteiger partial charge >= 0.3 is 5.97 Å². The third kappa shape index (κ3) is 12.8. The molecule has 3 unspecified atom stereocenters. The number of fused-ring (bicyclic) bond motifs is 1. The van der Waals surface area contributed by atoms with Crippen LogP contribution in [0.5, 0.6) is 0 Å². The number of carbonyl (C=O) groups is 6. The number of carboxylic acids is 1. The largest absolute Gasteiger partial charge is 0.481 e. The standard InChI is InChI=1S/C48H56N8O7/c49-48(50)52-26-24-37(45(61)55-39(30-43(58)59)44(60)51-25-23-36(33-17-9-3-10-18-33)34-19-11-4-12-20-34)54-46(62)41-29-35(27-31-13-5-1-6-14-31)40-22-21-38(47(63)56(40)41)53-42(57)28-32-15-7-2-8-16-32/h1-20,35-41H,21-30H2,(H,51,60)(H,53,57)(H,54,62)(H,55,61)(H,58,59)(H4,49,50,52)/t35-,37+,38?,39?,40+,41?/m1/s1. The van der Waals surface area contributed by atoms with Crippen molar-refractivity contribution >= 4 is 41.5 Å².